The van der Waals surface area contributed by atoms with Crippen molar-refractivity contribution in [3.05, 3.63) is 35.9 Å². The number of carboxylic acids is 1. The molecule has 9 heteroatoms. The number of carbonyl (C=O) groups is 3. The van der Waals surface area contributed by atoms with Gasteiger partial charge in [-0.3, -0.25) is 14.4 Å². The minimum Gasteiger partial charge on any atom is -0.481 e. The van der Waals surface area contributed by atoms with Gasteiger partial charge < -0.3 is 27.2 Å². The van der Waals surface area contributed by atoms with Gasteiger partial charge >= 0.3 is 5.97 Å². The van der Waals surface area contributed by atoms with Crippen molar-refractivity contribution in [1.29, 1.82) is 0 Å². The third-order valence-electron chi connectivity index (χ3n) is 5.41. The molecule has 5 atom stereocenters. The van der Waals surface area contributed by atoms with Crippen molar-refractivity contribution in [2.45, 2.75) is 57.7 Å². The second kappa shape index (κ2) is 10.6. The van der Waals surface area contributed by atoms with Gasteiger partial charge in [0.1, 0.15) is 6.04 Å². The van der Waals surface area contributed by atoms with Gasteiger partial charge in [-0.1, -0.05) is 30.3 Å². The maximum Gasteiger partial charge on any atom is 0.306 e. The van der Waals surface area contributed by atoms with E-state index in [1.54, 1.807) is 0 Å². The van der Waals surface area contributed by atoms with Gasteiger partial charge in [-0.25, -0.2) is 4.99 Å². The Labute approximate surface area is 176 Å². The number of aliphatic carboxylic acids is 1. The number of guanidine groups is 1. The third kappa shape index (κ3) is 6.75. The molecule has 0 bridgehead atoms. The number of rotatable bonds is 9. The zero-order valence-electron chi connectivity index (χ0n) is 17.4. The first-order chi connectivity index (χ1) is 14.2. The molecule has 9 nitrogen and oxygen atoms in total. The lowest BCUT2D eigenvalue weighted by atomic mass is 9.92. The standard InChI is InChI=1S/C21H31N5O4/c1-12(8-9-14-6-4-3-5-7-14)24-19(28)18(25-13(2)27)16-10-15(20(29)30)11-17(16)26-21(22)23/h3-7,12,15-18H,8-11H2,1-2H3,(H,24,28)(H,25,27)(H,29,30)(H4,22,23,26)/t12?,15?,16-,17-,18?/m0/s1. The lowest BCUT2D eigenvalue weighted by molar-refractivity contribution is -0.141. The highest BCUT2D eigenvalue weighted by atomic mass is 16.4. The van der Waals surface area contributed by atoms with Crippen LogP contribution in [0.15, 0.2) is 35.3 Å². The lowest BCUT2D eigenvalue weighted by Crippen LogP contribution is -2.53. The summed E-state index contributed by atoms with van der Waals surface area (Å²) in [4.78, 5) is 40.4. The summed E-state index contributed by atoms with van der Waals surface area (Å²) in [5.41, 5.74) is 12.2. The Balaban J connectivity index is 2.10. The molecular weight excluding hydrogens is 386 g/mol. The number of nitrogens with one attached hydrogen (secondary N) is 2. The highest BCUT2D eigenvalue weighted by molar-refractivity contribution is 5.87. The van der Waals surface area contributed by atoms with E-state index in [0.717, 1.165) is 12.8 Å². The molecule has 0 saturated heterocycles. The molecule has 1 aromatic rings. The first-order valence-corrected chi connectivity index (χ1v) is 10.1. The van der Waals surface area contributed by atoms with Crippen LogP contribution in [0.25, 0.3) is 0 Å². The average Bonchev–Trinajstić information content (AvgIpc) is 3.08. The van der Waals surface area contributed by atoms with Crippen molar-refractivity contribution in [3.8, 4) is 0 Å². The zero-order valence-corrected chi connectivity index (χ0v) is 17.4. The number of aryl methyl sites for hydroxylation is 1. The SMILES string of the molecule is CC(=O)NC(C(=O)NC(C)CCc1ccccc1)[C@H]1CC(C(=O)O)C[C@@H]1N=C(N)N. The second-order valence-electron chi connectivity index (χ2n) is 7.90. The Hall–Kier alpha value is -3.10. The number of nitrogens with zero attached hydrogens (tertiary/aromatic N) is 1. The van der Waals surface area contributed by atoms with Crippen molar-refractivity contribution in [3.63, 3.8) is 0 Å². The van der Waals surface area contributed by atoms with Crippen LogP contribution in [-0.2, 0) is 20.8 Å². The summed E-state index contributed by atoms with van der Waals surface area (Å²) < 4.78 is 0. The third-order valence-corrected chi connectivity index (χ3v) is 5.41. The van der Waals surface area contributed by atoms with Gasteiger partial charge in [0, 0.05) is 18.9 Å². The van der Waals surface area contributed by atoms with Crippen molar-refractivity contribution >= 4 is 23.7 Å². The predicted molar refractivity (Wildman–Crippen MR) is 113 cm³/mol. The molecule has 1 saturated carbocycles. The van der Waals surface area contributed by atoms with E-state index >= 15 is 0 Å². The molecule has 1 fully saturated rings. The van der Waals surface area contributed by atoms with Crippen LogP contribution in [0.3, 0.4) is 0 Å². The lowest BCUT2D eigenvalue weighted by Gasteiger charge is -2.28. The summed E-state index contributed by atoms with van der Waals surface area (Å²) in [5, 5.41) is 15.0. The molecule has 1 aromatic carbocycles. The first kappa shape index (κ1) is 23.2. The van der Waals surface area contributed by atoms with Gasteiger partial charge in [-0.15, -0.1) is 0 Å². The van der Waals surface area contributed by atoms with Crippen LogP contribution in [-0.4, -0.2) is 47.0 Å². The van der Waals surface area contributed by atoms with E-state index in [4.69, 9.17) is 11.5 Å². The maximum atomic E-state index is 13.0. The van der Waals surface area contributed by atoms with E-state index in [2.05, 4.69) is 15.6 Å². The first-order valence-electron chi connectivity index (χ1n) is 10.1. The average molecular weight is 418 g/mol. The monoisotopic (exact) mass is 417 g/mol. The summed E-state index contributed by atoms with van der Waals surface area (Å²) in [5.74, 6) is -3.08. The summed E-state index contributed by atoms with van der Waals surface area (Å²) in [7, 11) is 0. The van der Waals surface area contributed by atoms with E-state index < -0.39 is 29.9 Å². The van der Waals surface area contributed by atoms with Crippen molar-refractivity contribution < 1.29 is 19.5 Å². The number of hydrogen-bond acceptors (Lipinski definition) is 4. The maximum absolute atomic E-state index is 13.0. The van der Waals surface area contributed by atoms with E-state index in [0.29, 0.717) is 0 Å². The smallest absolute Gasteiger partial charge is 0.306 e. The molecule has 2 amide bonds. The number of carboxylic acid groups (broad SMARTS) is 1. The number of amides is 2. The summed E-state index contributed by atoms with van der Waals surface area (Å²) in [6.07, 6.45) is 1.94. The molecule has 0 aliphatic heterocycles. The second-order valence-corrected chi connectivity index (χ2v) is 7.90. The van der Waals surface area contributed by atoms with Crippen LogP contribution in [0.2, 0.25) is 0 Å². The topological polar surface area (TPSA) is 160 Å². The summed E-state index contributed by atoms with van der Waals surface area (Å²) in [6, 6.07) is 8.33. The molecule has 0 aromatic heterocycles. The molecule has 0 spiro atoms. The molecule has 164 valence electrons. The van der Waals surface area contributed by atoms with Crippen LogP contribution in [0.4, 0.5) is 0 Å². The minimum atomic E-state index is -0.966. The Morgan fingerprint density at radius 3 is 2.40 bits per heavy atom. The van der Waals surface area contributed by atoms with Crippen LogP contribution in [0.5, 0.6) is 0 Å². The number of benzene rings is 1. The summed E-state index contributed by atoms with van der Waals surface area (Å²) in [6.45, 7) is 3.21. The molecule has 1 aliphatic rings. The highest BCUT2D eigenvalue weighted by Crippen LogP contribution is 2.36. The normalized spacial score (nSPS) is 22.5. The Morgan fingerprint density at radius 2 is 1.83 bits per heavy atom. The largest absolute Gasteiger partial charge is 0.481 e. The molecule has 0 heterocycles. The predicted octanol–water partition coefficient (Wildman–Crippen LogP) is 0.381. The molecule has 2 rings (SSSR count). The Bertz CT molecular complexity index is 779. The molecule has 30 heavy (non-hydrogen) atoms. The van der Waals surface area contributed by atoms with Crippen LogP contribution in [0, 0.1) is 11.8 Å². The minimum absolute atomic E-state index is 0.132. The molecule has 1 aliphatic carbocycles. The van der Waals surface area contributed by atoms with Crippen LogP contribution in [0.1, 0.15) is 38.7 Å². The quantitative estimate of drug-likeness (QED) is 0.288. The molecular formula is C21H31N5O4. The molecule has 0 radical (unpaired) electrons. The fourth-order valence-electron chi connectivity index (χ4n) is 3.97. The van der Waals surface area contributed by atoms with E-state index in [9.17, 15) is 19.5 Å². The van der Waals surface area contributed by atoms with Crippen molar-refractivity contribution in [1.82, 2.24) is 10.6 Å². The van der Waals surface area contributed by atoms with Gasteiger partial charge in [0.05, 0.1) is 12.0 Å². The number of nitrogens with two attached hydrogens (primary N) is 2. The summed E-state index contributed by atoms with van der Waals surface area (Å²) >= 11 is 0. The van der Waals surface area contributed by atoms with Crippen LogP contribution >= 0.6 is 0 Å². The fourth-order valence-corrected chi connectivity index (χ4v) is 3.97. The van der Waals surface area contributed by atoms with Gasteiger partial charge in [0.15, 0.2) is 5.96 Å². The molecule has 7 N–H and O–H groups in total. The number of carbonyl (C=O) groups excluding carboxylic acids is 2. The van der Waals surface area contributed by atoms with Gasteiger partial charge in [-0.2, -0.15) is 0 Å². The van der Waals surface area contributed by atoms with Gasteiger partial charge in [-0.05, 0) is 38.2 Å². The van der Waals surface area contributed by atoms with Gasteiger partial charge in [0.2, 0.25) is 11.8 Å². The Morgan fingerprint density at radius 1 is 1.17 bits per heavy atom. The van der Waals surface area contributed by atoms with E-state index in [1.807, 2.05) is 37.3 Å². The fraction of sp³-hybridized carbons (Fsp3) is 0.524. The highest BCUT2D eigenvalue weighted by Gasteiger charge is 2.45. The number of hydrogen-bond donors (Lipinski definition) is 5. The van der Waals surface area contributed by atoms with Crippen molar-refractivity contribution in [2.75, 3.05) is 0 Å². The zero-order chi connectivity index (χ0) is 22.3. The van der Waals surface area contributed by atoms with E-state index in [-0.39, 0.29) is 36.7 Å². The van der Waals surface area contributed by atoms with Gasteiger partial charge in [0.25, 0.3) is 0 Å². The van der Waals surface area contributed by atoms with Crippen molar-refractivity contribution in [2.24, 2.45) is 28.3 Å². The van der Waals surface area contributed by atoms with Crippen LogP contribution < -0.4 is 22.1 Å². The Kier molecular flexibility index (Phi) is 8.20. The van der Waals surface area contributed by atoms with E-state index in [1.165, 1.54) is 12.5 Å². The number of aliphatic imine (C=N–C) groups is 1. The molecule has 3 unspecified atom stereocenters.